The van der Waals surface area contributed by atoms with E-state index in [0.717, 1.165) is 12.4 Å². The van der Waals surface area contributed by atoms with Gasteiger partial charge in [0.2, 0.25) is 0 Å². The van der Waals surface area contributed by atoms with E-state index in [1.165, 1.54) is 6.07 Å². The van der Waals surface area contributed by atoms with Crippen molar-refractivity contribution in [3.8, 4) is 5.75 Å². The van der Waals surface area contributed by atoms with Gasteiger partial charge in [-0.15, -0.1) is 24.0 Å². The number of halogens is 2. The van der Waals surface area contributed by atoms with Gasteiger partial charge in [-0.05, 0) is 25.0 Å². The fraction of sp³-hybridized carbons (Fsp3) is 0.474. The van der Waals surface area contributed by atoms with E-state index in [-0.39, 0.29) is 41.6 Å². The highest BCUT2D eigenvalue weighted by Gasteiger charge is 2.10. The molecule has 1 atom stereocenters. The summed E-state index contributed by atoms with van der Waals surface area (Å²) < 4.78 is 21.4. The monoisotopic (exact) mass is 489 g/mol. The van der Waals surface area contributed by atoms with E-state index in [1.807, 2.05) is 13.1 Å². The lowest BCUT2D eigenvalue weighted by atomic mass is 10.2. The molecular formula is C19H29FIN5O. The van der Waals surface area contributed by atoms with Gasteiger partial charge in [-0.1, -0.05) is 26.0 Å². The van der Waals surface area contributed by atoms with Crippen molar-refractivity contribution in [3.63, 3.8) is 0 Å². The molecule has 0 spiro atoms. The summed E-state index contributed by atoms with van der Waals surface area (Å²) in [5.41, 5.74) is 0. The molecule has 0 fully saturated rings. The number of guanidine groups is 1. The average Bonchev–Trinajstić information content (AvgIpc) is 3.03. The number of hydrogen-bond donors (Lipinski definition) is 2. The van der Waals surface area contributed by atoms with Crippen LogP contribution in [0.15, 0.2) is 41.7 Å². The van der Waals surface area contributed by atoms with Crippen LogP contribution >= 0.6 is 24.0 Å². The molecule has 1 aromatic carbocycles. The lowest BCUT2D eigenvalue weighted by Gasteiger charge is -2.18. The van der Waals surface area contributed by atoms with Gasteiger partial charge < -0.3 is 19.9 Å². The number of aliphatic imine (C=N–C) groups is 1. The van der Waals surface area contributed by atoms with Crippen molar-refractivity contribution in [2.45, 2.75) is 40.0 Å². The highest BCUT2D eigenvalue weighted by molar-refractivity contribution is 14.0. The van der Waals surface area contributed by atoms with Crippen molar-refractivity contribution in [1.82, 2.24) is 20.2 Å². The SMILES string of the molecule is CN=C(NCc1nccn1CC(C)C)NCC(C)Oc1ccccc1F.I. The van der Waals surface area contributed by atoms with Crippen LogP contribution in [0.5, 0.6) is 5.75 Å². The Morgan fingerprint density at radius 3 is 2.67 bits per heavy atom. The summed E-state index contributed by atoms with van der Waals surface area (Å²) in [6, 6.07) is 6.39. The summed E-state index contributed by atoms with van der Waals surface area (Å²) in [4.78, 5) is 8.59. The van der Waals surface area contributed by atoms with Crippen LogP contribution in [0.3, 0.4) is 0 Å². The molecule has 0 amide bonds. The standard InChI is InChI=1S/C19H28FN5O.HI/c1-14(2)13-25-10-9-22-18(25)12-24-19(21-4)23-11-15(3)26-17-8-6-5-7-16(17)20;/h5-10,14-15H,11-13H2,1-4H3,(H2,21,23,24);1H. The predicted octanol–water partition coefficient (Wildman–Crippen LogP) is 3.43. The molecule has 1 heterocycles. The Morgan fingerprint density at radius 1 is 1.26 bits per heavy atom. The zero-order valence-electron chi connectivity index (χ0n) is 16.3. The maximum absolute atomic E-state index is 13.6. The molecule has 150 valence electrons. The topological polar surface area (TPSA) is 63.5 Å². The molecule has 0 aliphatic heterocycles. The summed E-state index contributed by atoms with van der Waals surface area (Å²) in [6.45, 7) is 8.22. The summed E-state index contributed by atoms with van der Waals surface area (Å²) >= 11 is 0. The molecule has 0 saturated carbocycles. The largest absolute Gasteiger partial charge is 0.486 e. The van der Waals surface area contributed by atoms with Gasteiger partial charge in [0.1, 0.15) is 11.9 Å². The van der Waals surface area contributed by atoms with Crippen molar-refractivity contribution in [2.75, 3.05) is 13.6 Å². The van der Waals surface area contributed by atoms with Gasteiger partial charge >= 0.3 is 0 Å². The van der Waals surface area contributed by atoms with E-state index in [0.29, 0.717) is 25.0 Å². The first kappa shape index (κ1) is 23.2. The van der Waals surface area contributed by atoms with Crippen LogP contribution in [0.4, 0.5) is 4.39 Å². The minimum atomic E-state index is -0.362. The quantitative estimate of drug-likeness (QED) is 0.339. The molecule has 0 bridgehead atoms. The molecule has 6 nitrogen and oxygen atoms in total. The number of para-hydroxylation sites is 1. The van der Waals surface area contributed by atoms with E-state index < -0.39 is 0 Å². The Balaban J connectivity index is 0.00000364. The first-order valence-corrected chi connectivity index (χ1v) is 8.85. The van der Waals surface area contributed by atoms with Crippen molar-refractivity contribution in [2.24, 2.45) is 10.9 Å². The normalized spacial score (nSPS) is 12.4. The summed E-state index contributed by atoms with van der Waals surface area (Å²) in [5.74, 6) is 2.04. The molecule has 2 N–H and O–H groups in total. The lowest BCUT2D eigenvalue weighted by molar-refractivity contribution is 0.214. The molecule has 0 aliphatic carbocycles. The van der Waals surface area contributed by atoms with Crippen molar-refractivity contribution in [3.05, 3.63) is 48.3 Å². The van der Waals surface area contributed by atoms with Gasteiger partial charge in [0.05, 0.1) is 13.1 Å². The Bertz CT molecular complexity index is 720. The lowest BCUT2D eigenvalue weighted by Crippen LogP contribution is -2.41. The van der Waals surface area contributed by atoms with Crippen LogP contribution < -0.4 is 15.4 Å². The second-order valence-corrected chi connectivity index (χ2v) is 6.56. The van der Waals surface area contributed by atoms with Gasteiger partial charge in [-0.3, -0.25) is 4.99 Å². The molecular weight excluding hydrogens is 460 g/mol. The number of hydrogen-bond acceptors (Lipinski definition) is 3. The number of rotatable bonds is 8. The first-order chi connectivity index (χ1) is 12.5. The molecule has 27 heavy (non-hydrogen) atoms. The zero-order chi connectivity index (χ0) is 18.9. The van der Waals surface area contributed by atoms with Crippen LogP contribution in [0.1, 0.15) is 26.6 Å². The summed E-state index contributed by atoms with van der Waals surface area (Å²) in [7, 11) is 1.71. The molecule has 2 aromatic rings. The third-order valence-corrected chi connectivity index (χ3v) is 3.72. The van der Waals surface area contributed by atoms with E-state index in [9.17, 15) is 4.39 Å². The van der Waals surface area contributed by atoms with Gasteiger partial charge in [0, 0.05) is 26.0 Å². The van der Waals surface area contributed by atoms with Gasteiger partial charge in [-0.2, -0.15) is 0 Å². The van der Waals surface area contributed by atoms with Gasteiger partial charge in [0.15, 0.2) is 17.5 Å². The van der Waals surface area contributed by atoms with Gasteiger partial charge in [0.25, 0.3) is 0 Å². The number of benzene rings is 1. The highest BCUT2D eigenvalue weighted by atomic mass is 127. The Hall–Kier alpha value is -1.84. The number of nitrogens with zero attached hydrogens (tertiary/aromatic N) is 3. The van der Waals surface area contributed by atoms with Gasteiger partial charge in [-0.25, -0.2) is 9.37 Å². The molecule has 8 heteroatoms. The van der Waals surface area contributed by atoms with Crippen LogP contribution in [-0.4, -0.2) is 35.2 Å². The van der Waals surface area contributed by atoms with Crippen LogP contribution in [0.2, 0.25) is 0 Å². The maximum Gasteiger partial charge on any atom is 0.191 e. The number of ether oxygens (including phenoxy) is 1. The average molecular weight is 489 g/mol. The number of aromatic nitrogens is 2. The Kier molecular flexibility index (Phi) is 10.1. The first-order valence-electron chi connectivity index (χ1n) is 8.85. The highest BCUT2D eigenvalue weighted by Crippen LogP contribution is 2.16. The molecule has 1 unspecified atom stereocenters. The number of nitrogens with one attached hydrogen (secondary N) is 2. The van der Waals surface area contributed by atoms with Crippen molar-refractivity contribution in [1.29, 1.82) is 0 Å². The third kappa shape index (κ3) is 7.74. The van der Waals surface area contributed by atoms with E-state index >= 15 is 0 Å². The fourth-order valence-electron chi connectivity index (χ4n) is 2.49. The summed E-state index contributed by atoms with van der Waals surface area (Å²) in [5, 5.41) is 6.43. The minimum absolute atomic E-state index is 0. The second kappa shape index (κ2) is 11.8. The maximum atomic E-state index is 13.6. The van der Waals surface area contributed by atoms with E-state index in [4.69, 9.17) is 4.74 Å². The Morgan fingerprint density at radius 2 is 2.00 bits per heavy atom. The second-order valence-electron chi connectivity index (χ2n) is 6.56. The van der Waals surface area contributed by atoms with E-state index in [1.54, 1.807) is 31.4 Å². The molecule has 0 radical (unpaired) electrons. The van der Waals surface area contributed by atoms with Crippen LogP contribution in [-0.2, 0) is 13.1 Å². The van der Waals surface area contributed by atoms with E-state index in [2.05, 4.69) is 39.0 Å². The fourth-order valence-corrected chi connectivity index (χ4v) is 2.49. The molecule has 1 aromatic heterocycles. The van der Waals surface area contributed by atoms with Crippen LogP contribution in [0, 0.1) is 11.7 Å². The van der Waals surface area contributed by atoms with Crippen molar-refractivity contribution >= 4 is 29.9 Å². The number of imidazole rings is 1. The minimum Gasteiger partial charge on any atom is -0.486 e. The van der Waals surface area contributed by atoms with Crippen LogP contribution in [0.25, 0.3) is 0 Å². The molecule has 0 aliphatic rings. The summed E-state index contributed by atoms with van der Waals surface area (Å²) in [6.07, 6.45) is 3.57. The zero-order valence-corrected chi connectivity index (χ0v) is 18.6. The molecule has 0 saturated heterocycles. The predicted molar refractivity (Wildman–Crippen MR) is 117 cm³/mol. The van der Waals surface area contributed by atoms with Crippen molar-refractivity contribution < 1.29 is 9.13 Å². The third-order valence-electron chi connectivity index (χ3n) is 3.72. The smallest absolute Gasteiger partial charge is 0.191 e. The Labute approximate surface area is 177 Å². The molecule has 2 rings (SSSR count).